The second-order valence-corrected chi connectivity index (χ2v) is 7.70. The molecule has 1 aromatic heterocycles. The van der Waals surface area contributed by atoms with Crippen LogP contribution in [0.3, 0.4) is 0 Å². The molecule has 32 heavy (non-hydrogen) atoms. The smallest absolute Gasteiger partial charge is 0.338 e. The second-order valence-electron chi connectivity index (χ2n) is 6.89. The molecule has 0 radical (unpaired) electrons. The van der Waals surface area contributed by atoms with E-state index in [2.05, 4.69) is 0 Å². The number of carbonyl (C=O) groups is 2. The highest BCUT2D eigenvalue weighted by atomic mass is 35.5. The third kappa shape index (κ3) is 3.87. The Morgan fingerprint density at radius 2 is 1.72 bits per heavy atom. The van der Waals surface area contributed by atoms with Gasteiger partial charge in [0, 0.05) is 17.1 Å². The van der Waals surface area contributed by atoms with Crippen molar-refractivity contribution >= 4 is 45.9 Å². The number of hydrogen-bond acceptors (Lipinski definition) is 3. The molecule has 0 spiro atoms. The molecule has 0 aliphatic carbocycles. The molecule has 4 aromatic rings. The number of carbonyl (C=O) groups excluding carboxylic acids is 2. The zero-order chi connectivity index (χ0) is 23.0. The minimum Gasteiger partial charge on any atom is -0.462 e. The average Bonchev–Trinajstić information content (AvgIpc) is 3.12. The Balaban J connectivity index is 1.90. The van der Waals surface area contributed by atoms with Gasteiger partial charge < -0.3 is 9.30 Å². The van der Waals surface area contributed by atoms with Crippen LogP contribution in [-0.2, 0) is 4.74 Å². The van der Waals surface area contributed by atoms with E-state index in [0.29, 0.717) is 5.39 Å². The summed E-state index contributed by atoms with van der Waals surface area (Å²) in [6.07, 6.45) is 1.40. The summed E-state index contributed by atoms with van der Waals surface area (Å²) < 4.78 is 35.3. The number of benzene rings is 3. The van der Waals surface area contributed by atoms with Crippen LogP contribution in [0, 0.1) is 11.6 Å². The maximum atomic E-state index is 15.0. The summed E-state index contributed by atoms with van der Waals surface area (Å²) in [5.41, 5.74) is 0.591. The molecule has 8 heteroatoms. The lowest BCUT2D eigenvalue weighted by atomic mass is 10.0. The zero-order valence-electron chi connectivity index (χ0n) is 16.7. The van der Waals surface area contributed by atoms with Crippen molar-refractivity contribution in [2.24, 2.45) is 0 Å². The Bertz CT molecular complexity index is 1360. The third-order valence-electron chi connectivity index (χ3n) is 4.92. The maximum Gasteiger partial charge on any atom is 0.338 e. The summed E-state index contributed by atoms with van der Waals surface area (Å²) in [5, 5.41) is 0.715. The van der Waals surface area contributed by atoms with Crippen molar-refractivity contribution in [3.8, 4) is 5.69 Å². The molecule has 0 saturated heterocycles. The number of aromatic nitrogens is 1. The van der Waals surface area contributed by atoms with Gasteiger partial charge in [-0.25, -0.2) is 13.6 Å². The normalized spacial score (nSPS) is 11.0. The molecule has 0 atom stereocenters. The number of halogens is 4. The fourth-order valence-corrected chi connectivity index (χ4v) is 4.04. The van der Waals surface area contributed by atoms with Crippen molar-refractivity contribution in [2.45, 2.75) is 6.92 Å². The first-order chi connectivity index (χ1) is 15.3. The van der Waals surface area contributed by atoms with Crippen LogP contribution >= 0.6 is 23.2 Å². The molecule has 3 aromatic carbocycles. The van der Waals surface area contributed by atoms with E-state index in [-0.39, 0.29) is 44.5 Å². The molecular weight excluding hydrogens is 459 g/mol. The van der Waals surface area contributed by atoms with E-state index >= 15 is 0 Å². The Morgan fingerprint density at radius 3 is 2.38 bits per heavy atom. The average molecular weight is 474 g/mol. The summed E-state index contributed by atoms with van der Waals surface area (Å²) in [6, 6.07) is 12.3. The Kier molecular flexibility index (Phi) is 6.00. The largest absolute Gasteiger partial charge is 0.462 e. The van der Waals surface area contributed by atoms with E-state index in [0.717, 1.165) is 6.07 Å². The van der Waals surface area contributed by atoms with Crippen LogP contribution in [-0.4, -0.2) is 22.9 Å². The highest BCUT2D eigenvalue weighted by Gasteiger charge is 2.23. The molecule has 0 bridgehead atoms. The van der Waals surface area contributed by atoms with Crippen LogP contribution in [0.2, 0.25) is 10.0 Å². The van der Waals surface area contributed by atoms with Crippen LogP contribution in [0.1, 0.15) is 33.2 Å². The second kappa shape index (κ2) is 8.73. The number of fused-ring (bicyclic) bond motifs is 1. The zero-order valence-corrected chi connectivity index (χ0v) is 18.2. The van der Waals surface area contributed by atoms with Gasteiger partial charge in [0.25, 0.3) is 0 Å². The van der Waals surface area contributed by atoms with E-state index in [4.69, 9.17) is 27.9 Å². The fourth-order valence-electron chi connectivity index (χ4n) is 3.47. The number of ether oxygens (including phenoxy) is 1. The first kappa shape index (κ1) is 22.0. The van der Waals surface area contributed by atoms with Gasteiger partial charge in [-0.3, -0.25) is 4.79 Å². The third-order valence-corrected chi connectivity index (χ3v) is 5.55. The number of rotatable bonds is 5. The van der Waals surface area contributed by atoms with Crippen LogP contribution in [0.4, 0.5) is 8.78 Å². The summed E-state index contributed by atoms with van der Waals surface area (Å²) >= 11 is 12.4. The molecule has 0 aliphatic rings. The molecule has 162 valence electrons. The standard InChI is InChI=1S/C24H15Cl2F2NO3/c1-2-32-24(31)13-6-9-20(19(28)10-13)29-12-16(15-8-7-14(27)11-21(15)29)23(30)22-17(25)4-3-5-18(22)26/h3-12H,2H2,1H3. The van der Waals surface area contributed by atoms with Gasteiger partial charge in [0.15, 0.2) is 5.78 Å². The summed E-state index contributed by atoms with van der Waals surface area (Å²) in [6.45, 7) is 1.80. The summed E-state index contributed by atoms with van der Waals surface area (Å²) in [4.78, 5) is 25.2. The lowest BCUT2D eigenvalue weighted by Crippen LogP contribution is -2.06. The number of nitrogens with zero attached hydrogens (tertiary/aromatic N) is 1. The van der Waals surface area contributed by atoms with Gasteiger partial charge in [-0.2, -0.15) is 0 Å². The van der Waals surface area contributed by atoms with E-state index < -0.39 is 23.4 Å². The van der Waals surface area contributed by atoms with E-state index in [1.54, 1.807) is 13.0 Å². The van der Waals surface area contributed by atoms with Crippen molar-refractivity contribution in [1.29, 1.82) is 0 Å². The topological polar surface area (TPSA) is 48.3 Å². The SMILES string of the molecule is CCOC(=O)c1ccc(-n2cc(C(=O)c3c(Cl)cccc3Cl)c3ccc(F)cc32)c(F)c1. The van der Waals surface area contributed by atoms with Gasteiger partial charge in [0.2, 0.25) is 0 Å². The number of ketones is 1. The minimum absolute atomic E-state index is 0.0259. The summed E-state index contributed by atoms with van der Waals surface area (Å²) in [5.74, 6) is -2.45. The van der Waals surface area contributed by atoms with E-state index in [1.807, 2.05) is 0 Å². The molecular formula is C24H15Cl2F2NO3. The van der Waals surface area contributed by atoms with Crippen LogP contribution < -0.4 is 0 Å². The van der Waals surface area contributed by atoms with Crippen molar-refractivity contribution < 1.29 is 23.1 Å². The molecule has 0 saturated carbocycles. The number of hydrogen-bond donors (Lipinski definition) is 0. The fraction of sp³-hybridized carbons (Fsp3) is 0.0833. The minimum atomic E-state index is -0.744. The molecule has 4 nitrogen and oxygen atoms in total. The van der Waals surface area contributed by atoms with Gasteiger partial charge >= 0.3 is 5.97 Å². The first-order valence-corrected chi connectivity index (χ1v) is 10.3. The monoisotopic (exact) mass is 473 g/mol. The lowest BCUT2D eigenvalue weighted by Gasteiger charge is -2.09. The highest BCUT2D eigenvalue weighted by molar-refractivity contribution is 6.41. The van der Waals surface area contributed by atoms with Crippen molar-refractivity contribution in [3.05, 3.63) is 99.2 Å². The maximum absolute atomic E-state index is 15.0. The predicted octanol–water partition coefficient (Wildman–Crippen LogP) is 6.62. The Hall–Kier alpha value is -3.22. The van der Waals surface area contributed by atoms with Crippen LogP contribution in [0.25, 0.3) is 16.6 Å². The predicted molar refractivity (Wildman–Crippen MR) is 119 cm³/mol. The van der Waals surface area contributed by atoms with E-state index in [9.17, 15) is 18.4 Å². The van der Waals surface area contributed by atoms with Crippen molar-refractivity contribution in [1.82, 2.24) is 4.57 Å². The molecule has 4 rings (SSSR count). The number of esters is 1. The molecule has 0 unspecified atom stereocenters. The summed E-state index contributed by atoms with van der Waals surface area (Å²) in [7, 11) is 0. The van der Waals surface area contributed by atoms with Gasteiger partial charge in [0.05, 0.1) is 39.0 Å². The van der Waals surface area contributed by atoms with Gasteiger partial charge in [0.1, 0.15) is 11.6 Å². The molecule has 0 fully saturated rings. The quantitative estimate of drug-likeness (QED) is 0.241. The first-order valence-electron chi connectivity index (χ1n) is 9.58. The van der Waals surface area contributed by atoms with E-state index in [1.165, 1.54) is 53.2 Å². The molecule has 0 N–H and O–H groups in total. The van der Waals surface area contributed by atoms with Gasteiger partial charge in [-0.1, -0.05) is 29.3 Å². The Morgan fingerprint density at radius 1 is 1.00 bits per heavy atom. The molecule has 0 amide bonds. The van der Waals surface area contributed by atoms with Crippen molar-refractivity contribution in [2.75, 3.05) is 6.61 Å². The van der Waals surface area contributed by atoms with Gasteiger partial charge in [-0.15, -0.1) is 0 Å². The van der Waals surface area contributed by atoms with Crippen molar-refractivity contribution in [3.63, 3.8) is 0 Å². The Labute approximate surface area is 191 Å². The molecule has 0 aliphatic heterocycles. The molecule has 1 heterocycles. The lowest BCUT2D eigenvalue weighted by molar-refractivity contribution is 0.0525. The van der Waals surface area contributed by atoms with Crippen LogP contribution in [0.5, 0.6) is 0 Å². The van der Waals surface area contributed by atoms with Crippen LogP contribution in [0.15, 0.2) is 60.8 Å². The highest BCUT2D eigenvalue weighted by Crippen LogP contribution is 2.33. The van der Waals surface area contributed by atoms with Gasteiger partial charge in [-0.05, 0) is 55.5 Å².